The van der Waals surface area contributed by atoms with Gasteiger partial charge >= 0.3 is 6.09 Å². The number of hydrogen-bond acceptors (Lipinski definition) is 10. The van der Waals surface area contributed by atoms with E-state index in [-0.39, 0.29) is 54.6 Å². The fourth-order valence-corrected chi connectivity index (χ4v) is 10.8. The number of amides is 2. The second-order valence-corrected chi connectivity index (χ2v) is 18.0. The van der Waals surface area contributed by atoms with Gasteiger partial charge in [-0.25, -0.2) is 4.79 Å². The molecule has 2 aromatic carbocycles. The number of nitrogens with zero attached hydrogens (tertiary/aromatic N) is 1. The third-order valence-corrected chi connectivity index (χ3v) is 13.6. The average molecular weight is 862 g/mol. The van der Waals surface area contributed by atoms with Gasteiger partial charge in [0.05, 0.1) is 23.5 Å². The molecule has 6 atom stereocenters. The smallest absolute Gasteiger partial charge is 0.412 e. The van der Waals surface area contributed by atoms with Gasteiger partial charge in [-0.2, -0.15) is 0 Å². The molecule has 1 heterocycles. The van der Waals surface area contributed by atoms with Crippen LogP contribution in [0.25, 0.3) is 0 Å². The summed E-state index contributed by atoms with van der Waals surface area (Å²) in [5, 5.41) is 29.9. The molecule has 2 aliphatic carbocycles. The van der Waals surface area contributed by atoms with Crippen LogP contribution in [0.15, 0.2) is 76.8 Å². The fourth-order valence-electron chi connectivity index (χ4n) is 9.53. The van der Waals surface area contributed by atoms with Gasteiger partial charge in [0.25, 0.3) is 0 Å². The van der Waals surface area contributed by atoms with E-state index < -0.39 is 11.9 Å². The standard InChI is InChI=1S/C49H71N3O8S/c1-5-7-8-9-10-11-12-13-14-17-28-50-48(56)59-38-24-27-44-42(33-38)46-40(21-16-19-30-54)36(20-15-18-29-53)32-41-43(52-57-4)34-45(49(60-44,47(41)46)58-31-6-2)61-39-25-22-37(23-26-39)51-35(3)55/h6,22-27,32-33,36,40,45-47,53-54H,2,5,7-21,28-31,34H2,1,3-4H3,(H,50,56)(H,51,55). The monoisotopic (exact) mass is 861 g/mol. The fraction of sp³-hybridized carbons (Fsp3) is 0.612. The van der Waals surface area contributed by atoms with Gasteiger partial charge in [-0.05, 0) is 92.0 Å². The van der Waals surface area contributed by atoms with Crippen molar-refractivity contribution >= 4 is 35.2 Å². The van der Waals surface area contributed by atoms with Crippen LogP contribution in [0, 0.1) is 17.8 Å². The van der Waals surface area contributed by atoms with Crippen LogP contribution in [0.5, 0.6) is 11.5 Å². The number of oxime groups is 1. The highest BCUT2D eigenvalue weighted by Gasteiger charge is 2.64. The number of nitrogens with one attached hydrogen (secondary N) is 2. The van der Waals surface area contributed by atoms with E-state index in [1.807, 2.05) is 36.4 Å². The minimum atomic E-state index is -1.16. The van der Waals surface area contributed by atoms with E-state index in [1.165, 1.54) is 58.3 Å². The third kappa shape index (κ3) is 13.3. The molecular weight excluding hydrogens is 791 g/mol. The van der Waals surface area contributed by atoms with Gasteiger partial charge < -0.3 is 39.9 Å². The molecule has 4 N–H and O–H groups in total. The number of anilines is 1. The topological polar surface area (TPSA) is 148 Å². The van der Waals surface area contributed by atoms with Gasteiger partial charge in [0.1, 0.15) is 18.6 Å². The van der Waals surface area contributed by atoms with Crippen molar-refractivity contribution < 1.29 is 38.9 Å². The number of unbranched alkanes of at least 4 members (excludes halogenated alkanes) is 11. The highest BCUT2D eigenvalue weighted by molar-refractivity contribution is 8.00. The molecule has 0 bridgehead atoms. The van der Waals surface area contributed by atoms with Crippen molar-refractivity contribution in [3.8, 4) is 11.5 Å². The normalized spacial score (nSPS) is 23.3. The maximum atomic E-state index is 13.2. The maximum Gasteiger partial charge on any atom is 0.412 e. The van der Waals surface area contributed by atoms with Crippen molar-refractivity contribution in [2.75, 3.05) is 38.8 Å². The number of hydrogen-bond donors (Lipinski definition) is 4. The molecule has 61 heavy (non-hydrogen) atoms. The Morgan fingerprint density at radius 3 is 2.28 bits per heavy atom. The summed E-state index contributed by atoms with van der Waals surface area (Å²) in [6, 6.07) is 13.4. The number of fused-ring (bicyclic) bond motifs is 2. The molecule has 1 fully saturated rings. The van der Waals surface area contributed by atoms with Gasteiger partial charge in [0.2, 0.25) is 11.7 Å². The van der Waals surface area contributed by atoms with Gasteiger partial charge in [0.15, 0.2) is 0 Å². The van der Waals surface area contributed by atoms with E-state index in [2.05, 4.69) is 35.4 Å². The third-order valence-electron chi connectivity index (χ3n) is 12.3. The van der Waals surface area contributed by atoms with Crippen LogP contribution in [0.2, 0.25) is 0 Å². The van der Waals surface area contributed by atoms with E-state index >= 15 is 0 Å². The van der Waals surface area contributed by atoms with Crippen molar-refractivity contribution in [3.05, 3.63) is 72.3 Å². The molecule has 2 aromatic rings. The van der Waals surface area contributed by atoms with Gasteiger partial charge in [0, 0.05) is 55.2 Å². The second-order valence-electron chi connectivity index (χ2n) is 16.7. The molecule has 11 nitrogen and oxygen atoms in total. The lowest BCUT2D eigenvalue weighted by Gasteiger charge is -2.58. The van der Waals surface area contributed by atoms with E-state index in [0.29, 0.717) is 43.0 Å². The Kier molecular flexibility index (Phi) is 20.0. The van der Waals surface area contributed by atoms with E-state index in [9.17, 15) is 19.8 Å². The number of benzene rings is 2. The summed E-state index contributed by atoms with van der Waals surface area (Å²) in [7, 11) is 1.57. The van der Waals surface area contributed by atoms with Crippen molar-refractivity contribution in [2.24, 2.45) is 22.9 Å². The molecule has 1 saturated carbocycles. The molecule has 12 heteroatoms. The summed E-state index contributed by atoms with van der Waals surface area (Å²) in [6.07, 6.45) is 21.1. The molecule has 5 rings (SSSR count). The molecule has 0 saturated heterocycles. The number of carbonyl (C=O) groups excluding carboxylic acids is 2. The van der Waals surface area contributed by atoms with Crippen LogP contribution >= 0.6 is 11.8 Å². The lowest BCUT2D eigenvalue weighted by Crippen LogP contribution is -2.64. The Bertz CT molecular complexity index is 1750. The summed E-state index contributed by atoms with van der Waals surface area (Å²) >= 11 is 1.64. The molecular formula is C49H71N3O8S. The molecule has 336 valence electrons. The maximum absolute atomic E-state index is 13.2. The van der Waals surface area contributed by atoms with Crippen LogP contribution in [-0.4, -0.2) is 72.4 Å². The summed E-state index contributed by atoms with van der Waals surface area (Å²) in [4.78, 5) is 31.5. The zero-order chi connectivity index (χ0) is 43.5. The number of aliphatic hydroxyl groups is 2. The molecule has 6 unspecified atom stereocenters. The lowest BCUT2D eigenvalue weighted by molar-refractivity contribution is -0.223. The Morgan fingerprint density at radius 1 is 0.934 bits per heavy atom. The second kappa shape index (κ2) is 25.3. The number of aliphatic hydroxyl groups excluding tert-OH is 2. The van der Waals surface area contributed by atoms with Crippen LogP contribution in [0.3, 0.4) is 0 Å². The lowest BCUT2D eigenvalue weighted by atomic mass is 9.56. The minimum Gasteiger partial charge on any atom is -0.460 e. The number of ether oxygens (including phenoxy) is 3. The Morgan fingerprint density at radius 2 is 1.62 bits per heavy atom. The zero-order valence-corrected chi connectivity index (χ0v) is 37.7. The molecule has 0 spiro atoms. The number of thioether (sulfide) groups is 1. The van der Waals surface area contributed by atoms with Crippen LogP contribution in [0.1, 0.15) is 134 Å². The first-order valence-electron chi connectivity index (χ1n) is 22.9. The Labute approximate surface area is 368 Å². The van der Waals surface area contributed by atoms with E-state index in [0.717, 1.165) is 60.3 Å². The van der Waals surface area contributed by atoms with Crippen LogP contribution in [-0.2, 0) is 14.4 Å². The first kappa shape index (κ1) is 48.2. The predicted octanol–water partition coefficient (Wildman–Crippen LogP) is 10.7. The first-order chi connectivity index (χ1) is 29.8. The highest BCUT2D eigenvalue weighted by Crippen LogP contribution is 2.63. The van der Waals surface area contributed by atoms with Crippen molar-refractivity contribution in [1.82, 2.24) is 5.32 Å². The van der Waals surface area contributed by atoms with Crippen molar-refractivity contribution in [2.45, 2.75) is 145 Å². The number of allylic oxidation sites excluding steroid dienone is 1. The van der Waals surface area contributed by atoms with Gasteiger partial charge in [-0.3, -0.25) is 4.79 Å². The Balaban J connectivity index is 1.47. The van der Waals surface area contributed by atoms with E-state index in [4.69, 9.17) is 19.0 Å². The molecule has 3 aliphatic rings. The van der Waals surface area contributed by atoms with Gasteiger partial charge in [-0.1, -0.05) is 94.9 Å². The molecule has 0 aromatic heterocycles. The molecule has 0 radical (unpaired) electrons. The van der Waals surface area contributed by atoms with Gasteiger partial charge in [-0.15, -0.1) is 18.3 Å². The average Bonchev–Trinajstić information content (AvgIpc) is 3.25. The Hall–Kier alpha value is -3.84. The van der Waals surface area contributed by atoms with E-state index in [1.54, 1.807) is 31.0 Å². The largest absolute Gasteiger partial charge is 0.460 e. The summed E-state index contributed by atoms with van der Waals surface area (Å²) in [5.41, 5.74) is 3.50. The highest BCUT2D eigenvalue weighted by atomic mass is 32.2. The quantitative estimate of drug-likeness (QED) is 0.0391. The van der Waals surface area contributed by atoms with Crippen LogP contribution < -0.4 is 20.1 Å². The SMILES string of the molecule is C=CCOC12Oc3ccc(OC(=O)NCCCCCCCCCCCC)cc3C3C(CCCCO)C(CCCCO)C=C(C(=NOC)CC1Sc1ccc(NC(C)=O)cc1)C32. The summed E-state index contributed by atoms with van der Waals surface area (Å²) < 4.78 is 20.2. The van der Waals surface area contributed by atoms with Crippen molar-refractivity contribution in [3.63, 3.8) is 0 Å². The minimum absolute atomic E-state index is 0.109. The van der Waals surface area contributed by atoms with Crippen LogP contribution in [0.4, 0.5) is 10.5 Å². The zero-order valence-electron chi connectivity index (χ0n) is 36.8. The molecule has 1 aliphatic heterocycles. The number of rotatable bonds is 27. The number of carbonyl (C=O) groups is 2. The summed E-state index contributed by atoms with van der Waals surface area (Å²) in [5.74, 6) is -0.413. The van der Waals surface area contributed by atoms with Crippen molar-refractivity contribution in [1.29, 1.82) is 0 Å². The predicted molar refractivity (Wildman–Crippen MR) is 244 cm³/mol. The first-order valence-corrected chi connectivity index (χ1v) is 23.8. The molecule has 2 amide bonds. The summed E-state index contributed by atoms with van der Waals surface area (Å²) in [6.45, 7) is 8.80.